The molecule has 102 valence electrons. The van der Waals surface area contributed by atoms with E-state index in [2.05, 4.69) is 4.98 Å². The molecule has 1 aromatic heterocycles. The lowest BCUT2D eigenvalue weighted by Gasteiger charge is -2.22. The van der Waals surface area contributed by atoms with Crippen LogP contribution in [0.4, 0.5) is 0 Å². The van der Waals surface area contributed by atoms with Crippen molar-refractivity contribution in [1.29, 1.82) is 0 Å². The van der Waals surface area contributed by atoms with E-state index in [1.807, 2.05) is 30.3 Å². The third kappa shape index (κ3) is 2.11. The molecule has 5 heteroatoms. The van der Waals surface area contributed by atoms with Crippen LogP contribution in [0, 0.1) is 0 Å². The van der Waals surface area contributed by atoms with Crippen LogP contribution in [0.1, 0.15) is 18.4 Å². The van der Waals surface area contributed by atoms with Crippen LogP contribution in [-0.2, 0) is 16.1 Å². The van der Waals surface area contributed by atoms with E-state index in [4.69, 9.17) is 0 Å². The van der Waals surface area contributed by atoms with Gasteiger partial charge < -0.3 is 10.0 Å². The molecule has 0 aliphatic carbocycles. The molecule has 2 heterocycles. The molecule has 0 saturated carbocycles. The van der Waals surface area contributed by atoms with Crippen LogP contribution < -0.4 is 0 Å². The predicted octanol–water partition coefficient (Wildman–Crippen LogP) is 1.81. The minimum atomic E-state index is -0.941. The Morgan fingerprint density at radius 3 is 2.95 bits per heavy atom. The van der Waals surface area contributed by atoms with Gasteiger partial charge in [-0.1, -0.05) is 24.3 Å². The molecule has 0 radical (unpaired) electrons. The van der Waals surface area contributed by atoms with Crippen molar-refractivity contribution in [3.05, 3.63) is 42.1 Å². The second-order valence-electron chi connectivity index (χ2n) is 4.91. The molecule has 2 aromatic rings. The number of nitrogens with zero attached hydrogens (tertiary/aromatic N) is 2. The summed E-state index contributed by atoms with van der Waals surface area (Å²) in [6.45, 7) is 0.296. The molecule has 1 atom stereocenters. The number of carboxylic acids is 1. The molecule has 1 unspecified atom stereocenters. The molecule has 1 saturated heterocycles. The number of aliphatic carboxylic acids is 1. The molecule has 1 aliphatic rings. The van der Waals surface area contributed by atoms with Crippen molar-refractivity contribution in [2.45, 2.75) is 25.4 Å². The van der Waals surface area contributed by atoms with Crippen molar-refractivity contribution < 1.29 is 14.7 Å². The molecular weight excluding hydrogens is 256 g/mol. The number of hydrogen-bond acceptors (Lipinski definition) is 3. The van der Waals surface area contributed by atoms with E-state index in [9.17, 15) is 14.7 Å². The number of carbonyl (C=O) groups excluding carboxylic acids is 1. The lowest BCUT2D eigenvalue weighted by molar-refractivity contribution is -0.146. The fourth-order valence-corrected chi connectivity index (χ4v) is 2.67. The van der Waals surface area contributed by atoms with Gasteiger partial charge in [0.15, 0.2) is 0 Å². The monoisotopic (exact) mass is 270 g/mol. The highest BCUT2D eigenvalue weighted by atomic mass is 16.4. The Labute approximate surface area is 115 Å². The van der Waals surface area contributed by atoms with Crippen molar-refractivity contribution in [1.82, 2.24) is 9.88 Å². The fraction of sp³-hybridized carbons (Fsp3) is 0.267. The Morgan fingerprint density at radius 2 is 2.15 bits per heavy atom. The third-order valence-electron chi connectivity index (χ3n) is 3.67. The molecule has 1 aliphatic heterocycles. The zero-order chi connectivity index (χ0) is 14.1. The van der Waals surface area contributed by atoms with Crippen molar-refractivity contribution in [2.24, 2.45) is 0 Å². The Hall–Kier alpha value is -2.43. The number of carboxylic acid groups (broad SMARTS) is 1. The number of benzene rings is 1. The Bertz CT molecular complexity index is 678. The second-order valence-corrected chi connectivity index (χ2v) is 4.91. The highest BCUT2D eigenvalue weighted by Gasteiger charge is 2.36. The van der Waals surface area contributed by atoms with Gasteiger partial charge in [-0.2, -0.15) is 0 Å². The Morgan fingerprint density at radius 1 is 1.35 bits per heavy atom. The maximum absolute atomic E-state index is 11.9. The SMILES string of the molecule is O=C(O)C1CCC(=O)N1Cc1cccc2cccnc12. The summed E-state index contributed by atoms with van der Waals surface area (Å²) in [5, 5.41) is 10.2. The normalized spacial score (nSPS) is 18.7. The third-order valence-corrected chi connectivity index (χ3v) is 3.67. The molecule has 5 nitrogen and oxygen atoms in total. The largest absolute Gasteiger partial charge is 0.480 e. The van der Waals surface area contributed by atoms with Crippen LogP contribution >= 0.6 is 0 Å². The van der Waals surface area contributed by atoms with Gasteiger partial charge in [-0.15, -0.1) is 0 Å². The van der Waals surface area contributed by atoms with Gasteiger partial charge >= 0.3 is 5.97 Å². The molecule has 0 spiro atoms. The van der Waals surface area contributed by atoms with Crippen LogP contribution in [0.3, 0.4) is 0 Å². The van der Waals surface area contributed by atoms with E-state index in [1.54, 1.807) is 6.20 Å². The summed E-state index contributed by atoms with van der Waals surface area (Å²) < 4.78 is 0. The smallest absolute Gasteiger partial charge is 0.326 e. The first kappa shape index (κ1) is 12.6. The maximum atomic E-state index is 11.9. The van der Waals surface area contributed by atoms with E-state index in [0.29, 0.717) is 19.4 Å². The number of rotatable bonds is 3. The first-order valence-corrected chi connectivity index (χ1v) is 6.52. The van der Waals surface area contributed by atoms with Gasteiger partial charge in [-0.05, 0) is 18.1 Å². The molecule has 20 heavy (non-hydrogen) atoms. The van der Waals surface area contributed by atoms with Gasteiger partial charge in [0.25, 0.3) is 0 Å². The van der Waals surface area contributed by atoms with E-state index in [-0.39, 0.29) is 5.91 Å². The summed E-state index contributed by atoms with van der Waals surface area (Å²) >= 11 is 0. The first-order valence-electron chi connectivity index (χ1n) is 6.52. The van der Waals surface area contributed by atoms with Gasteiger partial charge in [0.2, 0.25) is 5.91 Å². The summed E-state index contributed by atoms with van der Waals surface area (Å²) in [6.07, 6.45) is 2.38. The number of aromatic nitrogens is 1. The lowest BCUT2D eigenvalue weighted by Crippen LogP contribution is -2.37. The predicted molar refractivity (Wildman–Crippen MR) is 73.0 cm³/mol. The summed E-state index contributed by atoms with van der Waals surface area (Å²) in [5.41, 5.74) is 1.70. The van der Waals surface area contributed by atoms with Crippen LogP contribution in [0.5, 0.6) is 0 Å². The molecule has 3 rings (SSSR count). The number of fused-ring (bicyclic) bond motifs is 1. The van der Waals surface area contributed by atoms with E-state index in [0.717, 1.165) is 16.5 Å². The van der Waals surface area contributed by atoms with Crippen LogP contribution in [0.25, 0.3) is 10.9 Å². The van der Waals surface area contributed by atoms with Gasteiger partial charge in [-0.25, -0.2) is 4.79 Å². The van der Waals surface area contributed by atoms with Crippen LogP contribution in [0.15, 0.2) is 36.5 Å². The Kier molecular flexibility index (Phi) is 3.10. The molecule has 1 N–H and O–H groups in total. The number of amides is 1. The number of pyridine rings is 1. The highest BCUT2D eigenvalue weighted by Crippen LogP contribution is 2.24. The quantitative estimate of drug-likeness (QED) is 0.923. The Balaban J connectivity index is 1.96. The van der Waals surface area contributed by atoms with Gasteiger partial charge in [-0.3, -0.25) is 9.78 Å². The minimum absolute atomic E-state index is 0.106. The second kappa shape index (κ2) is 4.92. The summed E-state index contributed by atoms with van der Waals surface area (Å²) in [6, 6.07) is 8.82. The molecule has 0 bridgehead atoms. The van der Waals surface area contributed by atoms with Crippen molar-refractivity contribution in [2.75, 3.05) is 0 Å². The molecule has 1 fully saturated rings. The number of carbonyl (C=O) groups is 2. The maximum Gasteiger partial charge on any atom is 0.326 e. The van der Waals surface area contributed by atoms with Crippen molar-refractivity contribution in [3.63, 3.8) is 0 Å². The lowest BCUT2D eigenvalue weighted by atomic mass is 10.1. The number of hydrogen-bond donors (Lipinski definition) is 1. The zero-order valence-electron chi connectivity index (χ0n) is 10.8. The average Bonchev–Trinajstić information content (AvgIpc) is 2.81. The highest BCUT2D eigenvalue weighted by molar-refractivity contribution is 5.88. The standard InChI is InChI=1S/C15H14N2O3/c18-13-7-6-12(15(19)20)17(13)9-11-4-1-3-10-5-2-8-16-14(10)11/h1-5,8,12H,6-7,9H2,(H,19,20). The molecule has 1 aromatic carbocycles. The van der Waals surface area contributed by atoms with E-state index < -0.39 is 12.0 Å². The van der Waals surface area contributed by atoms with Crippen molar-refractivity contribution in [3.8, 4) is 0 Å². The van der Waals surface area contributed by atoms with E-state index in [1.165, 1.54) is 4.90 Å². The van der Waals surface area contributed by atoms with Crippen molar-refractivity contribution >= 4 is 22.8 Å². The van der Waals surface area contributed by atoms with Gasteiger partial charge in [0.05, 0.1) is 5.52 Å². The van der Waals surface area contributed by atoms with Crippen LogP contribution in [0.2, 0.25) is 0 Å². The minimum Gasteiger partial charge on any atom is -0.480 e. The van der Waals surface area contributed by atoms with E-state index >= 15 is 0 Å². The van der Waals surface area contributed by atoms with Gasteiger partial charge in [0.1, 0.15) is 6.04 Å². The molecular formula is C15H14N2O3. The van der Waals surface area contributed by atoms with Gasteiger partial charge in [0, 0.05) is 24.5 Å². The topological polar surface area (TPSA) is 70.5 Å². The number of likely N-dealkylation sites (tertiary alicyclic amines) is 1. The summed E-state index contributed by atoms with van der Waals surface area (Å²) in [5.74, 6) is -1.05. The first-order chi connectivity index (χ1) is 9.66. The fourth-order valence-electron chi connectivity index (χ4n) is 2.67. The summed E-state index contributed by atoms with van der Waals surface area (Å²) in [4.78, 5) is 28.8. The molecule has 1 amide bonds. The number of para-hydroxylation sites is 1. The van der Waals surface area contributed by atoms with Crippen LogP contribution in [-0.4, -0.2) is 32.9 Å². The average molecular weight is 270 g/mol. The summed E-state index contributed by atoms with van der Waals surface area (Å²) in [7, 11) is 0. The zero-order valence-corrected chi connectivity index (χ0v) is 10.8.